The summed E-state index contributed by atoms with van der Waals surface area (Å²) < 4.78 is 1.51. The first kappa shape index (κ1) is 39.5. The summed E-state index contributed by atoms with van der Waals surface area (Å²) in [4.78, 5) is 0. The smallest absolute Gasteiger partial charge is 0.0114 e. The van der Waals surface area contributed by atoms with Gasteiger partial charge in [-0.3, -0.25) is 6.08 Å². The molecule has 3 aliphatic rings. The van der Waals surface area contributed by atoms with Crippen LogP contribution >= 0.6 is 0 Å². The van der Waals surface area contributed by atoms with Gasteiger partial charge in [-0.15, -0.1) is 46.2 Å². The topological polar surface area (TPSA) is 0 Å². The molecular formula is C40H56Cl2SiZr-2. The van der Waals surface area contributed by atoms with Crippen LogP contribution in [0, 0.1) is 6.08 Å². The maximum Gasteiger partial charge on any atom is -0.0114 e. The minimum atomic E-state index is -0.981. The number of rotatable bonds is 1. The summed E-state index contributed by atoms with van der Waals surface area (Å²) >= 11 is 1.55. The van der Waals surface area contributed by atoms with Crippen molar-refractivity contribution in [3.05, 3.63) is 76.0 Å². The molecule has 3 aromatic carbocycles. The fraction of sp³-hybridized carbons (Fsp3) is 0.550. The standard InChI is InChI=1S/C29H37.C8H13Si.C3H6.2ClH.Zr/c1-26(2)9-11-28(5,6)24-16-20-18(14-22(24)26)13-19-15-23-25(17-21(19)20)29(7,8)12-10-27(23,3)4;1-9(2,3)8-6-4-5-7-8;1-3-2;;;/h13-17H,9-12H2,1-8H3;6-7H,4H2,1-3H3;1-2H3;2*1H;/q2*-1;;;;+2/p-2. The van der Waals surface area contributed by atoms with Crippen molar-refractivity contribution in [3.8, 4) is 0 Å². The van der Waals surface area contributed by atoms with Crippen LogP contribution in [0.15, 0.2) is 47.7 Å². The molecule has 0 nitrogen and oxygen atoms in total. The number of fused-ring (bicyclic) bond motifs is 5. The van der Waals surface area contributed by atoms with Crippen molar-refractivity contribution < 1.29 is 49.0 Å². The first-order chi connectivity index (χ1) is 19.2. The second-order valence-electron chi connectivity index (χ2n) is 17.1. The van der Waals surface area contributed by atoms with Crippen LogP contribution in [0.1, 0.15) is 124 Å². The fourth-order valence-electron chi connectivity index (χ4n) is 7.05. The third-order valence-electron chi connectivity index (χ3n) is 10.2. The Labute approximate surface area is 298 Å². The van der Waals surface area contributed by atoms with Gasteiger partial charge < -0.3 is 24.8 Å². The summed E-state index contributed by atoms with van der Waals surface area (Å²) in [5.41, 5.74) is 7.36. The van der Waals surface area contributed by atoms with Crippen molar-refractivity contribution in [2.75, 3.05) is 0 Å². The molecule has 0 N–H and O–H groups in total. The Morgan fingerprint density at radius 1 is 0.659 bits per heavy atom. The molecule has 6 rings (SSSR count). The molecule has 3 aliphatic carbocycles. The number of hydrogen-bond donors (Lipinski definition) is 0. The molecule has 44 heavy (non-hydrogen) atoms. The van der Waals surface area contributed by atoms with E-state index in [1.807, 2.05) is 0 Å². The maximum absolute atomic E-state index is 3.20. The molecule has 0 radical (unpaired) electrons. The van der Waals surface area contributed by atoms with Gasteiger partial charge in [-0.2, -0.15) is 6.08 Å². The van der Waals surface area contributed by atoms with E-state index in [4.69, 9.17) is 0 Å². The monoisotopic (exact) mass is 724 g/mol. The van der Waals surface area contributed by atoms with E-state index < -0.39 is 8.07 Å². The van der Waals surface area contributed by atoms with E-state index in [0.717, 1.165) is 6.42 Å². The normalized spacial score (nSPS) is 20.0. The Balaban J connectivity index is 0.000000380. The summed E-state index contributed by atoms with van der Waals surface area (Å²) in [6.07, 6.45) is 13.8. The van der Waals surface area contributed by atoms with Crippen molar-refractivity contribution in [3.63, 3.8) is 0 Å². The van der Waals surface area contributed by atoms with Gasteiger partial charge in [0.15, 0.2) is 0 Å². The van der Waals surface area contributed by atoms with Crippen LogP contribution in [0.2, 0.25) is 19.6 Å². The Morgan fingerprint density at radius 2 is 0.977 bits per heavy atom. The van der Waals surface area contributed by atoms with Crippen LogP contribution in [0.25, 0.3) is 21.5 Å². The van der Waals surface area contributed by atoms with Crippen molar-refractivity contribution in [1.82, 2.24) is 0 Å². The summed E-state index contributed by atoms with van der Waals surface area (Å²) in [7, 11) is -0.981. The number of benzene rings is 2. The molecule has 3 aromatic rings. The zero-order valence-electron chi connectivity index (χ0n) is 29.8. The van der Waals surface area contributed by atoms with Crippen LogP contribution in [-0.4, -0.2) is 11.3 Å². The third-order valence-corrected chi connectivity index (χ3v) is 12.3. The zero-order valence-corrected chi connectivity index (χ0v) is 34.8. The largest absolute Gasteiger partial charge is 1.00 e. The molecule has 0 aromatic heterocycles. The van der Waals surface area contributed by atoms with Gasteiger partial charge in [-0.1, -0.05) is 109 Å². The van der Waals surface area contributed by atoms with Crippen molar-refractivity contribution >= 4 is 32.8 Å². The van der Waals surface area contributed by atoms with Crippen LogP contribution in [0.3, 0.4) is 0 Å². The molecule has 0 bridgehead atoms. The first-order valence-electron chi connectivity index (χ1n) is 16.2. The molecule has 0 saturated carbocycles. The third kappa shape index (κ3) is 8.24. The van der Waals surface area contributed by atoms with Gasteiger partial charge in [0.1, 0.15) is 0 Å². The van der Waals surface area contributed by atoms with E-state index in [1.165, 1.54) is 50.4 Å². The summed E-state index contributed by atoms with van der Waals surface area (Å²) in [5.74, 6) is 0. The molecule has 0 unspecified atom stereocenters. The predicted octanol–water partition coefficient (Wildman–Crippen LogP) is 5.72. The van der Waals surface area contributed by atoms with Crippen molar-refractivity contribution in [2.45, 2.75) is 143 Å². The Kier molecular flexibility index (Phi) is 12.4. The molecule has 240 valence electrons. The van der Waals surface area contributed by atoms with Gasteiger partial charge in [0.2, 0.25) is 0 Å². The molecule has 4 heteroatoms. The van der Waals surface area contributed by atoms with E-state index in [1.54, 1.807) is 51.7 Å². The van der Waals surface area contributed by atoms with Gasteiger partial charge in [0.05, 0.1) is 0 Å². The van der Waals surface area contributed by atoms with Crippen molar-refractivity contribution in [2.24, 2.45) is 0 Å². The van der Waals surface area contributed by atoms with Crippen LogP contribution < -0.4 is 24.8 Å². The van der Waals surface area contributed by atoms with Crippen LogP contribution in [-0.2, 0) is 45.9 Å². The minimum Gasteiger partial charge on any atom is -1.00 e. The second-order valence-corrected chi connectivity index (χ2v) is 24.6. The van der Waals surface area contributed by atoms with Crippen LogP contribution in [0.5, 0.6) is 0 Å². The SMILES string of the molecule is CC1(C)CCC(C)(C)c2cc3c(cc21)[cH-]c1cc2c(cc13)C(C)(C)CCC2(C)C.C[C](C)=[Zr+2].C[Si](C)(C)C1=CC[C-]=C1.[Cl-].[Cl-]. The van der Waals surface area contributed by atoms with Gasteiger partial charge in [-0.05, 0) is 55.4 Å². The van der Waals surface area contributed by atoms with E-state index >= 15 is 0 Å². The Hall–Kier alpha value is -0.660. The van der Waals surface area contributed by atoms with Gasteiger partial charge in [0, 0.05) is 0 Å². The molecule has 0 aliphatic heterocycles. The van der Waals surface area contributed by atoms with Crippen molar-refractivity contribution in [1.29, 1.82) is 0 Å². The molecule has 0 saturated heterocycles. The number of hydrogen-bond acceptors (Lipinski definition) is 0. The Bertz CT molecular complexity index is 1480. The van der Waals surface area contributed by atoms with E-state index in [-0.39, 0.29) is 46.5 Å². The molecule has 0 spiro atoms. The molecule has 0 fully saturated rings. The van der Waals surface area contributed by atoms with E-state index in [9.17, 15) is 0 Å². The minimum absolute atomic E-state index is 0. The summed E-state index contributed by atoms with van der Waals surface area (Å²) in [5, 5.41) is 7.35. The van der Waals surface area contributed by atoms with Crippen LogP contribution in [0.4, 0.5) is 0 Å². The molecule has 0 heterocycles. The van der Waals surface area contributed by atoms with Gasteiger partial charge in [0.25, 0.3) is 0 Å². The fourth-order valence-corrected chi connectivity index (χ4v) is 8.30. The van der Waals surface area contributed by atoms with Gasteiger partial charge in [-0.25, -0.2) is 11.3 Å². The van der Waals surface area contributed by atoms with Gasteiger partial charge >= 0.3 is 41.3 Å². The number of allylic oxidation sites excluding steroid dienone is 4. The molecular weight excluding hydrogens is 671 g/mol. The average molecular weight is 727 g/mol. The maximum atomic E-state index is 3.20. The van der Waals surface area contributed by atoms with E-state index in [0.29, 0.717) is 0 Å². The molecule has 0 amide bonds. The predicted molar refractivity (Wildman–Crippen MR) is 188 cm³/mol. The quantitative estimate of drug-likeness (QED) is 0.223. The first-order valence-corrected chi connectivity index (χ1v) is 20.9. The second kappa shape index (κ2) is 13.8. The summed E-state index contributed by atoms with van der Waals surface area (Å²) in [6, 6.07) is 12.6. The number of halogens is 2. The molecule has 0 atom stereocenters. The summed E-state index contributed by atoms with van der Waals surface area (Å²) in [6.45, 7) is 30.8. The average Bonchev–Trinajstić information content (AvgIpc) is 3.52. The Morgan fingerprint density at radius 3 is 1.23 bits per heavy atom. The zero-order chi connectivity index (χ0) is 31.5. The van der Waals surface area contributed by atoms with E-state index in [2.05, 4.69) is 137 Å².